The van der Waals surface area contributed by atoms with E-state index in [1.54, 1.807) is 0 Å². The van der Waals surface area contributed by atoms with Crippen LogP contribution in [0.15, 0.2) is 24.4 Å². The van der Waals surface area contributed by atoms with E-state index in [0.29, 0.717) is 51.0 Å². The Balaban J connectivity index is 1.29. The largest absolute Gasteiger partial charge is 0.378 e. The number of imidazole rings is 1. The number of hydrogen-bond acceptors (Lipinski definition) is 4. The van der Waals surface area contributed by atoms with Crippen molar-refractivity contribution in [2.45, 2.75) is 31.6 Å². The van der Waals surface area contributed by atoms with Gasteiger partial charge in [-0.15, -0.1) is 0 Å². The topological polar surface area (TPSA) is 67.2 Å². The molecule has 2 aromatic heterocycles. The highest BCUT2D eigenvalue weighted by atomic mass is 16.5. The molecule has 0 N–H and O–H groups in total. The fourth-order valence-corrected chi connectivity index (χ4v) is 4.37. The van der Waals surface area contributed by atoms with E-state index < -0.39 is 0 Å². The maximum atomic E-state index is 13.2. The van der Waals surface area contributed by atoms with Gasteiger partial charge in [-0.05, 0) is 37.8 Å². The standard InChI is InChI=1S/C21H26N4O3/c26-20(24-11-13-28-14-12-24)16-6-9-23(10-7-16)21(27)18-17-3-1-2-8-25(17)19(22-18)15-4-5-15/h1-3,8,15-16H,4-7,9-14H2. The molecule has 7 heteroatoms. The molecule has 3 aliphatic rings. The summed E-state index contributed by atoms with van der Waals surface area (Å²) in [7, 11) is 0. The summed E-state index contributed by atoms with van der Waals surface area (Å²) in [5.74, 6) is 1.72. The number of piperidine rings is 1. The molecular weight excluding hydrogens is 356 g/mol. The summed E-state index contributed by atoms with van der Waals surface area (Å²) in [6.45, 7) is 3.85. The van der Waals surface area contributed by atoms with E-state index in [9.17, 15) is 9.59 Å². The molecule has 0 spiro atoms. The van der Waals surface area contributed by atoms with Gasteiger partial charge >= 0.3 is 0 Å². The highest BCUT2D eigenvalue weighted by Gasteiger charge is 2.34. The first-order valence-corrected chi connectivity index (χ1v) is 10.3. The first-order chi connectivity index (χ1) is 13.7. The summed E-state index contributed by atoms with van der Waals surface area (Å²) in [5, 5.41) is 0. The molecule has 2 amide bonds. The van der Waals surface area contributed by atoms with Crippen LogP contribution in [0.3, 0.4) is 0 Å². The first-order valence-electron chi connectivity index (χ1n) is 10.3. The normalized spacial score (nSPS) is 21.3. The number of morpholine rings is 1. The maximum Gasteiger partial charge on any atom is 0.274 e. The van der Waals surface area contributed by atoms with Gasteiger partial charge in [-0.3, -0.25) is 9.59 Å². The Hall–Kier alpha value is -2.41. The summed E-state index contributed by atoms with van der Waals surface area (Å²) in [5.41, 5.74) is 1.45. The Morgan fingerprint density at radius 2 is 1.71 bits per heavy atom. The second-order valence-corrected chi connectivity index (χ2v) is 8.05. The second kappa shape index (κ2) is 7.20. The smallest absolute Gasteiger partial charge is 0.274 e. The van der Waals surface area contributed by atoms with Crippen LogP contribution in [0.25, 0.3) is 5.52 Å². The third kappa shape index (κ3) is 3.17. The van der Waals surface area contributed by atoms with Gasteiger partial charge in [0.05, 0.1) is 18.7 Å². The van der Waals surface area contributed by atoms with Gasteiger partial charge < -0.3 is 18.9 Å². The third-order valence-electron chi connectivity index (χ3n) is 6.17. The molecule has 1 aliphatic carbocycles. The molecule has 5 rings (SSSR count). The molecule has 1 saturated carbocycles. The van der Waals surface area contributed by atoms with Gasteiger partial charge in [0.15, 0.2) is 5.69 Å². The molecule has 28 heavy (non-hydrogen) atoms. The summed E-state index contributed by atoms with van der Waals surface area (Å²) in [6.07, 6.45) is 5.75. The van der Waals surface area contributed by atoms with Gasteiger partial charge in [0, 0.05) is 44.2 Å². The fourth-order valence-electron chi connectivity index (χ4n) is 4.37. The van der Waals surface area contributed by atoms with Gasteiger partial charge in [-0.2, -0.15) is 0 Å². The van der Waals surface area contributed by atoms with Crippen molar-refractivity contribution in [1.82, 2.24) is 19.2 Å². The van der Waals surface area contributed by atoms with Crippen LogP contribution in [0.2, 0.25) is 0 Å². The van der Waals surface area contributed by atoms with Gasteiger partial charge in [-0.25, -0.2) is 4.98 Å². The van der Waals surface area contributed by atoms with Crippen molar-refractivity contribution in [2.75, 3.05) is 39.4 Å². The summed E-state index contributed by atoms with van der Waals surface area (Å²) in [6, 6.07) is 5.91. The number of carbonyl (C=O) groups is 2. The molecule has 3 fully saturated rings. The highest BCUT2D eigenvalue weighted by Crippen LogP contribution is 2.40. The minimum Gasteiger partial charge on any atom is -0.378 e. The summed E-state index contributed by atoms with van der Waals surface area (Å²) in [4.78, 5) is 34.4. The zero-order valence-corrected chi connectivity index (χ0v) is 16.0. The maximum absolute atomic E-state index is 13.2. The van der Waals surface area contributed by atoms with Crippen LogP contribution in [0, 0.1) is 5.92 Å². The van der Waals surface area contributed by atoms with E-state index in [4.69, 9.17) is 9.72 Å². The fraction of sp³-hybridized carbons (Fsp3) is 0.571. The van der Waals surface area contributed by atoms with E-state index in [0.717, 1.165) is 37.0 Å². The van der Waals surface area contributed by atoms with Gasteiger partial charge in [0.2, 0.25) is 5.91 Å². The first kappa shape index (κ1) is 17.7. The molecular formula is C21H26N4O3. The number of aromatic nitrogens is 2. The number of pyridine rings is 1. The number of amides is 2. The van der Waals surface area contributed by atoms with Gasteiger partial charge in [0.1, 0.15) is 5.82 Å². The van der Waals surface area contributed by atoms with Crippen molar-refractivity contribution < 1.29 is 14.3 Å². The van der Waals surface area contributed by atoms with Crippen LogP contribution >= 0.6 is 0 Å². The van der Waals surface area contributed by atoms with Crippen LogP contribution in [0.4, 0.5) is 0 Å². The van der Waals surface area contributed by atoms with Gasteiger partial charge in [0.25, 0.3) is 5.91 Å². The second-order valence-electron chi connectivity index (χ2n) is 8.05. The lowest BCUT2D eigenvalue weighted by atomic mass is 9.95. The number of rotatable bonds is 3. The van der Waals surface area contributed by atoms with Crippen molar-refractivity contribution in [3.63, 3.8) is 0 Å². The Morgan fingerprint density at radius 1 is 0.964 bits per heavy atom. The van der Waals surface area contributed by atoms with Crippen LogP contribution < -0.4 is 0 Å². The van der Waals surface area contributed by atoms with Crippen molar-refractivity contribution in [3.8, 4) is 0 Å². The molecule has 0 radical (unpaired) electrons. The number of likely N-dealkylation sites (tertiary alicyclic amines) is 1. The quantitative estimate of drug-likeness (QED) is 0.814. The van der Waals surface area contributed by atoms with Crippen molar-refractivity contribution in [3.05, 3.63) is 35.9 Å². The van der Waals surface area contributed by atoms with Crippen molar-refractivity contribution in [1.29, 1.82) is 0 Å². The SMILES string of the molecule is O=C(c1nc(C2CC2)n2ccccc12)N1CCC(C(=O)N2CCOCC2)CC1. The lowest BCUT2D eigenvalue weighted by Crippen LogP contribution is -2.47. The number of nitrogens with zero attached hydrogens (tertiary/aromatic N) is 4. The molecule has 0 aromatic carbocycles. The lowest BCUT2D eigenvalue weighted by Gasteiger charge is -2.35. The Labute approximate surface area is 164 Å². The lowest BCUT2D eigenvalue weighted by molar-refractivity contribution is -0.141. The number of hydrogen-bond donors (Lipinski definition) is 0. The van der Waals surface area contributed by atoms with Crippen molar-refractivity contribution in [2.24, 2.45) is 5.92 Å². The Kier molecular flexibility index (Phi) is 4.55. The summed E-state index contributed by atoms with van der Waals surface area (Å²) < 4.78 is 7.41. The van der Waals surface area contributed by atoms with E-state index >= 15 is 0 Å². The molecule has 2 aliphatic heterocycles. The van der Waals surface area contributed by atoms with E-state index in [2.05, 4.69) is 4.40 Å². The third-order valence-corrected chi connectivity index (χ3v) is 6.17. The molecule has 148 valence electrons. The average molecular weight is 382 g/mol. The number of fused-ring (bicyclic) bond motifs is 1. The highest BCUT2D eigenvalue weighted by molar-refractivity contribution is 5.99. The molecule has 4 heterocycles. The Morgan fingerprint density at radius 3 is 2.43 bits per heavy atom. The molecule has 2 saturated heterocycles. The van der Waals surface area contributed by atoms with Crippen molar-refractivity contribution >= 4 is 17.3 Å². The van der Waals surface area contributed by atoms with E-state index in [1.165, 1.54) is 0 Å². The Bertz CT molecular complexity index is 890. The summed E-state index contributed by atoms with van der Waals surface area (Å²) >= 11 is 0. The zero-order chi connectivity index (χ0) is 19.1. The van der Waals surface area contributed by atoms with Crippen LogP contribution in [-0.4, -0.2) is 70.4 Å². The molecule has 0 bridgehead atoms. The minimum atomic E-state index is -0.00660. The number of carbonyl (C=O) groups excluding carboxylic acids is 2. The monoisotopic (exact) mass is 382 g/mol. The predicted molar refractivity (Wildman–Crippen MR) is 103 cm³/mol. The number of ether oxygens (including phenoxy) is 1. The molecule has 0 unspecified atom stereocenters. The van der Waals surface area contributed by atoms with Crippen LogP contribution in [0.1, 0.15) is 47.9 Å². The zero-order valence-electron chi connectivity index (χ0n) is 16.0. The van der Waals surface area contributed by atoms with Gasteiger partial charge in [-0.1, -0.05) is 6.07 Å². The molecule has 7 nitrogen and oxygen atoms in total. The molecule has 0 atom stereocenters. The van der Waals surface area contributed by atoms with Crippen LogP contribution in [-0.2, 0) is 9.53 Å². The minimum absolute atomic E-state index is 0.00660. The molecule has 2 aromatic rings. The van der Waals surface area contributed by atoms with Crippen LogP contribution in [0.5, 0.6) is 0 Å². The van der Waals surface area contributed by atoms with E-state index in [1.807, 2.05) is 34.2 Å². The van der Waals surface area contributed by atoms with E-state index in [-0.39, 0.29) is 17.7 Å². The predicted octanol–water partition coefficient (Wildman–Crippen LogP) is 1.92. The average Bonchev–Trinajstić information content (AvgIpc) is 3.54.